The zero-order valence-electron chi connectivity index (χ0n) is 12.5. The first-order chi connectivity index (χ1) is 10.4. The molecule has 1 aromatic rings. The lowest BCUT2D eigenvalue weighted by Crippen LogP contribution is -2.46. The third-order valence-electron chi connectivity index (χ3n) is 4.12. The average molecular weight is 309 g/mol. The summed E-state index contributed by atoms with van der Waals surface area (Å²) in [5.74, 6) is 0.987. The highest BCUT2D eigenvalue weighted by atomic mass is 32.1. The Morgan fingerprint density at radius 2 is 2.33 bits per heavy atom. The SMILES string of the molecule is CN=C(NCc1nccs1)N1CCC(N2CCOCC2)C1. The van der Waals surface area contributed by atoms with Gasteiger partial charge < -0.3 is 15.0 Å². The summed E-state index contributed by atoms with van der Waals surface area (Å²) in [6.07, 6.45) is 3.05. The molecule has 1 aromatic heterocycles. The van der Waals surface area contributed by atoms with Gasteiger partial charge in [-0.05, 0) is 6.42 Å². The van der Waals surface area contributed by atoms with Crippen LogP contribution in [0.1, 0.15) is 11.4 Å². The summed E-state index contributed by atoms with van der Waals surface area (Å²) < 4.78 is 5.44. The summed E-state index contributed by atoms with van der Waals surface area (Å²) in [6.45, 7) is 6.73. The standard InChI is InChI=1S/C14H23N5OS/c1-15-14(17-10-13-16-3-9-21-13)19-4-2-12(11-19)18-5-7-20-8-6-18/h3,9,12H,2,4-8,10-11H2,1H3,(H,15,17). The number of likely N-dealkylation sites (tertiary alicyclic amines) is 1. The van der Waals surface area contributed by atoms with Crippen LogP contribution in [0.3, 0.4) is 0 Å². The first-order valence-electron chi connectivity index (χ1n) is 7.52. The van der Waals surface area contributed by atoms with Crippen LogP contribution in [0.4, 0.5) is 0 Å². The second kappa shape index (κ2) is 7.20. The highest BCUT2D eigenvalue weighted by molar-refractivity contribution is 7.09. The minimum atomic E-state index is 0.632. The zero-order valence-corrected chi connectivity index (χ0v) is 13.3. The molecule has 1 atom stereocenters. The molecule has 3 rings (SSSR count). The largest absolute Gasteiger partial charge is 0.379 e. The van der Waals surface area contributed by atoms with Gasteiger partial charge >= 0.3 is 0 Å². The molecule has 6 nitrogen and oxygen atoms in total. The highest BCUT2D eigenvalue weighted by Crippen LogP contribution is 2.17. The van der Waals surface area contributed by atoms with E-state index in [2.05, 4.69) is 25.1 Å². The number of aromatic nitrogens is 1. The molecular weight excluding hydrogens is 286 g/mol. The van der Waals surface area contributed by atoms with E-state index in [-0.39, 0.29) is 0 Å². The monoisotopic (exact) mass is 309 g/mol. The van der Waals surface area contributed by atoms with Crippen LogP contribution in [0.15, 0.2) is 16.6 Å². The summed E-state index contributed by atoms with van der Waals surface area (Å²) in [5.41, 5.74) is 0. The van der Waals surface area contributed by atoms with Crippen molar-refractivity contribution in [2.45, 2.75) is 19.0 Å². The van der Waals surface area contributed by atoms with E-state index in [0.717, 1.165) is 56.9 Å². The fourth-order valence-corrected chi connectivity index (χ4v) is 3.56. The number of rotatable bonds is 3. The van der Waals surface area contributed by atoms with Gasteiger partial charge in [-0.1, -0.05) is 0 Å². The minimum Gasteiger partial charge on any atom is -0.379 e. The van der Waals surface area contributed by atoms with E-state index in [1.165, 1.54) is 6.42 Å². The maximum absolute atomic E-state index is 5.44. The van der Waals surface area contributed by atoms with Gasteiger partial charge in [-0.3, -0.25) is 9.89 Å². The van der Waals surface area contributed by atoms with Crippen molar-refractivity contribution in [1.82, 2.24) is 20.1 Å². The van der Waals surface area contributed by atoms with Gasteiger partial charge in [0.05, 0.1) is 19.8 Å². The highest BCUT2D eigenvalue weighted by Gasteiger charge is 2.30. The number of hydrogen-bond donors (Lipinski definition) is 1. The Hall–Kier alpha value is -1.18. The number of hydrogen-bond acceptors (Lipinski definition) is 5. The number of thiazole rings is 1. The van der Waals surface area contributed by atoms with Gasteiger partial charge in [0.2, 0.25) is 0 Å². The summed E-state index contributed by atoms with van der Waals surface area (Å²) in [7, 11) is 1.85. The molecule has 1 N–H and O–H groups in total. The Morgan fingerprint density at radius 3 is 3.05 bits per heavy atom. The number of ether oxygens (including phenoxy) is 1. The maximum atomic E-state index is 5.44. The van der Waals surface area contributed by atoms with E-state index in [9.17, 15) is 0 Å². The van der Waals surface area contributed by atoms with Crippen molar-refractivity contribution in [2.24, 2.45) is 4.99 Å². The fourth-order valence-electron chi connectivity index (χ4n) is 3.00. The molecule has 7 heteroatoms. The normalized spacial score (nSPS) is 24.5. The van der Waals surface area contributed by atoms with E-state index < -0.39 is 0 Å². The number of aliphatic imine (C=N–C) groups is 1. The summed E-state index contributed by atoms with van der Waals surface area (Å²) in [5, 5.41) is 6.52. The van der Waals surface area contributed by atoms with Crippen molar-refractivity contribution in [1.29, 1.82) is 0 Å². The van der Waals surface area contributed by atoms with Crippen molar-refractivity contribution >= 4 is 17.3 Å². The van der Waals surface area contributed by atoms with E-state index in [1.807, 2.05) is 18.6 Å². The molecule has 0 spiro atoms. The Bertz CT molecular complexity index is 458. The van der Waals surface area contributed by atoms with Crippen LogP contribution in [0.2, 0.25) is 0 Å². The molecular formula is C14H23N5OS. The van der Waals surface area contributed by atoms with E-state index in [1.54, 1.807) is 11.3 Å². The van der Waals surface area contributed by atoms with Crippen molar-refractivity contribution in [2.75, 3.05) is 46.4 Å². The van der Waals surface area contributed by atoms with Crippen LogP contribution in [0, 0.1) is 0 Å². The molecule has 21 heavy (non-hydrogen) atoms. The van der Waals surface area contributed by atoms with E-state index in [4.69, 9.17) is 4.74 Å². The van der Waals surface area contributed by atoms with Crippen molar-refractivity contribution in [3.05, 3.63) is 16.6 Å². The van der Waals surface area contributed by atoms with E-state index >= 15 is 0 Å². The Kier molecular flexibility index (Phi) is 5.05. The third-order valence-corrected chi connectivity index (χ3v) is 4.90. The van der Waals surface area contributed by atoms with Crippen molar-refractivity contribution < 1.29 is 4.74 Å². The Morgan fingerprint density at radius 1 is 1.48 bits per heavy atom. The van der Waals surface area contributed by atoms with Gasteiger partial charge in [0.15, 0.2) is 5.96 Å². The second-order valence-corrected chi connectivity index (χ2v) is 6.34. The van der Waals surface area contributed by atoms with Gasteiger partial charge in [-0.15, -0.1) is 11.3 Å². The molecule has 2 fully saturated rings. The fraction of sp³-hybridized carbons (Fsp3) is 0.714. The summed E-state index contributed by atoms with van der Waals surface area (Å²) in [6, 6.07) is 0.632. The molecule has 0 bridgehead atoms. The zero-order chi connectivity index (χ0) is 14.5. The van der Waals surface area contributed by atoms with Crippen molar-refractivity contribution in [3.63, 3.8) is 0 Å². The smallest absolute Gasteiger partial charge is 0.194 e. The van der Waals surface area contributed by atoms with Gasteiger partial charge in [-0.2, -0.15) is 0 Å². The molecule has 0 aromatic carbocycles. The van der Waals surface area contributed by atoms with Gasteiger partial charge in [0.1, 0.15) is 5.01 Å². The molecule has 2 aliphatic heterocycles. The molecule has 0 saturated carbocycles. The molecule has 0 aliphatic carbocycles. The number of guanidine groups is 1. The topological polar surface area (TPSA) is 53.0 Å². The molecule has 0 amide bonds. The Balaban J connectivity index is 1.51. The maximum Gasteiger partial charge on any atom is 0.194 e. The van der Waals surface area contributed by atoms with Crippen LogP contribution >= 0.6 is 11.3 Å². The third kappa shape index (κ3) is 3.72. The molecule has 116 valence electrons. The second-order valence-electron chi connectivity index (χ2n) is 5.36. The quantitative estimate of drug-likeness (QED) is 0.655. The lowest BCUT2D eigenvalue weighted by atomic mass is 10.2. The minimum absolute atomic E-state index is 0.632. The lowest BCUT2D eigenvalue weighted by molar-refractivity contribution is 0.0195. The molecule has 1 unspecified atom stereocenters. The number of nitrogens with one attached hydrogen (secondary N) is 1. The predicted molar refractivity (Wildman–Crippen MR) is 84.7 cm³/mol. The van der Waals surface area contributed by atoms with E-state index in [0.29, 0.717) is 6.04 Å². The summed E-state index contributed by atoms with van der Waals surface area (Å²) >= 11 is 1.67. The molecule has 2 aliphatic rings. The van der Waals surface area contributed by atoms with Crippen LogP contribution < -0.4 is 5.32 Å². The lowest BCUT2D eigenvalue weighted by Gasteiger charge is -2.32. The van der Waals surface area contributed by atoms with Crippen LogP contribution in [0.5, 0.6) is 0 Å². The molecule has 2 saturated heterocycles. The molecule has 0 radical (unpaired) electrons. The Labute approximate surface area is 129 Å². The van der Waals surface area contributed by atoms with Crippen LogP contribution in [0.25, 0.3) is 0 Å². The van der Waals surface area contributed by atoms with Crippen LogP contribution in [-0.2, 0) is 11.3 Å². The number of nitrogens with zero attached hydrogens (tertiary/aromatic N) is 4. The summed E-state index contributed by atoms with van der Waals surface area (Å²) in [4.78, 5) is 13.6. The van der Waals surface area contributed by atoms with Gasteiger partial charge in [0, 0.05) is 50.8 Å². The van der Waals surface area contributed by atoms with Gasteiger partial charge in [0.25, 0.3) is 0 Å². The van der Waals surface area contributed by atoms with Crippen LogP contribution in [-0.4, -0.2) is 73.2 Å². The van der Waals surface area contributed by atoms with Gasteiger partial charge in [-0.25, -0.2) is 4.98 Å². The number of morpholine rings is 1. The molecule has 3 heterocycles. The first-order valence-corrected chi connectivity index (χ1v) is 8.40. The predicted octanol–water partition coefficient (Wildman–Crippen LogP) is 0.625. The van der Waals surface area contributed by atoms with Crippen molar-refractivity contribution in [3.8, 4) is 0 Å². The average Bonchev–Trinajstić information content (AvgIpc) is 3.20. The first kappa shape index (κ1) is 14.7.